The van der Waals surface area contributed by atoms with Crippen LogP contribution in [0.1, 0.15) is 50.4 Å². The fourth-order valence-electron chi connectivity index (χ4n) is 3.84. The fraction of sp³-hybridized carbons (Fsp3) is 0.684. The number of nitrogens with one attached hydrogen (secondary N) is 1. The van der Waals surface area contributed by atoms with Crippen molar-refractivity contribution >= 4 is 5.91 Å². The van der Waals surface area contributed by atoms with Crippen LogP contribution in [-0.4, -0.2) is 47.6 Å². The number of ether oxygens (including phenoxy) is 1. The number of amides is 1. The van der Waals surface area contributed by atoms with Gasteiger partial charge >= 0.3 is 0 Å². The lowest BCUT2D eigenvalue weighted by atomic mass is 9.96. The maximum Gasteiger partial charge on any atom is 0.240 e. The standard InChI is InChI=1S/C19H29N3O2/c1-13(2)17(18-14(3)5-4-9-20-18)21-16-6-10-22(19(16)23)15-7-11-24-12-8-15/h4-5,9,13,15-17,21H,6-8,10-12H2,1-3H3. The maximum atomic E-state index is 12.9. The van der Waals surface area contributed by atoms with E-state index < -0.39 is 0 Å². The van der Waals surface area contributed by atoms with Gasteiger partial charge in [-0.15, -0.1) is 0 Å². The van der Waals surface area contributed by atoms with Crippen LogP contribution >= 0.6 is 0 Å². The van der Waals surface area contributed by atoms with Gasteiger partial charge in [-0.25, -0.2) is 0 Å². The highest BCUT2D eigenvalue weighted by molar-refractivity contribution is 5.84. The van der Waals surface area contributed by atoms with E-state index >= 15 is 0 Å². The van der Waals surface area contributed by atoms with Crippen molar-refractivity contribution in [3.63, 3.8) is 0 Å². The summed E-state index contributed by atoms with van der Waals surface area (Å²) in [6.07, 6.45) is 4.65. The van der Waals surface area contributed by atoms with E-state index in [-0.39, 0.29) is 18.0 Å². The summed E-state index contributed by atoms with van der Waals surface area (Å²) in [7, 11) is 0. The third kappa shape index (κ3) is 3.62. The topological polar surface area (TPSA) is 54.5 Å². The van der Waals surface area contributed by atoms with Gasteiger partial charge in [0.25, 0.3) is 0 Å². The average molecular weight is 331 g/mol. The molecule has 0 aliphatic carbocycles. The lowest BCUT2D eigenvalue weighted by Crippen LogP contribution is -2.46. The summed E-state index contributed by atoms with van der Waals surface area (Å²) in [5.74, 6) is 0.629. The van der Waals surface area contributed by atoms with Gasteiger partial charge in [0, 0.05) is 32.0 Å². The monoisotopic (exact) mass is 331 g/mol. The molecule has 0 aromatic carbocycles. The molecule has 2 aliphatic heterocycles. The number of carbonyl (C=O) groups is 1. The molecule has 1 amide bonds. The molecular formula is C19H29N3O2. The van der Waals surface area contributed by atoms with Crippen LogP contribution < -0.4 is 5.32 Å². The fourth-order valence-corrected chi connectivity index (χ4v) is 3.84. The van der Waals surface area contributed by atoms with Crippen LogP contribution in [0.4, 0.5) is 0 Å². The number of aryl methyl sites for hydroxylation is 1. The molecule has 0 spiro atoms. The van der Waals surface area contributed by atoms with Crippen molar-refractivity contribution in [3.8, 4) is 0 Å². The first-order valence-corrected chi connectivity index (χ1v) is 9.13. The van der Waals surface area contributed by atoms with Crippen molar-refractivity contribution in [1.29, 1.82) is 0 Å². The van der Waals surface area contributed by atoms with Crippen molar-refractivity contribution in [3.05, 3.63) is 29.6 Å². The van der Waals surface area contributed by atoms with E-state index in [0.717, 1.165) is 44.7 Å². The highest BCUT2D eigenvalue weighted by Crippen LogP contribution is 2.27. The van der Waals surface area contributed by atoms with Gasteiger partial charge in [0.1, 0.15) is 0 Å². The maximum absolute atomic E-state index is 12.9. The summed E-state index contributed by atoms with van der Waals surface area (Å²) in [6, 6.07) is 4.41. The van der Waals surface area contributed by atoms with Gasteiger partial charge in [-0.1, -0.05) is 19.9 Å². The first-order chi connectivity index (χ1) is 11.6. The van der Waals surface area contributed by atoms with Crippen LogP contribution in [0.3, 0.4) is 0 Å². The minimum Gasteiger partial charge on any atom is -0.381 e. The van der Waals surface area contributed by atoms with Gasteiger partial charge in [0.2, 0.25) is 5.91 Å². The van der Waals surface area contributed by atoms with E-state index in [9.17, 15) is 4.79 Å². The number of hydrogen-bond donors (Lipinski definition) is 1. The molecule has 2 unspecified atom stereocenters. The summed E-state index contributed by atoms with van der Waals surface area (Å²) in [6.45, 7) is 8.85. The predicted molar refractivity (Wildman–Crippen MR) is 93.6 cm³/mol. The Morgan fingerprint density at radius 2 is 2.04 bits per heavy atom. The molecule has 24 heavy (non-hydrogen) atoms. The normalized spacial score (nSPS) is 23.9. The van der Waals surface area contributed by atoms with Crippen LogP contribution in [0, 0.1) is 12.8 Å². The van der Waals surface area contributed by atoms with Crippen LogP contribution in [0.25, 0.3) is 0 Å². The van der Waals surface area contributed by atoms with E-state index in [0.29, 0.717) is 12.0 Å². The SMILES string of the molecule is Cc1cccnc1C(NC1CCN(C2CCOCC2)C1=O)C(C)C. The third-order valence-corrected chi connectivity index (χ3v) is 5.26. The van der Waals surface area contributed by atoms with E-state index in [2.05, 4.69) is 42.0 Å². The smallest absolute Gasteiger partial charge is 0.240 e. The Morgan fingerprint density at radius 1 is 1.29 bits per heavy atom. The van der Waals surface area contributed by atoms with Crippen molar-refractivity contribution < 1.29 is 9.53 Å². The second-order valence-electron chi connectivity index (χ2n) is 7.31. The third-order valence-electron chi connectivity index (χ3n) is 5.26. The zero-order valence-corrected chi connectivity index (χ0v) is 15.0. The molecule has 0 saturated carbocycles. The lowest BCUT2D eigenvalue weighted by molar-refractivity contribution is -0.133. The molecule has 132 valence electrons. The number of rotatable bonds is 5. The van der Waals surface area contributed by atoms with Crippen LogP contribution in [0.15, 0.2) is 18.3 Å². The molecule has 5 nitrogen and oxygen atoms in total. The molecule has 1 N–H and O–H groups in total. The van der Waals surface area contributed by atoms with Crippen molar-refractivity contribution in [2.75, 3.05) is 19.8 Å². The number of aromatic nitrogens is 1. The summed E-state index contributed by atoms with van der Waals surface area (Å²) >= 11 is 0. The average Bonchev–Trinajstić information content (AvgIpc) is 2.95. The molecule has 2 atom stereocenters. The van der Waals surface area contributed by atoms with Gasteiger partial charge in [-0.05, 0) is 43.7 Å². The number of nitrogens with zero attached hydrogens (tertiary/aromatic N) is 2. The van der Waals surface area contributed by atoms with E-state index in [4.69, 9.17) is 4.74 Å². The predicted octanol–water partition coefficient (Wildman–Crippen LogP) is 2.46. The van der Waals surface area contributed by atoms with E-state index in [1.54, 1.807) is 0 Å². The van der Waals surface area contributed by atoms with Gasteiger partial charge in [0.15, 0.2) is 0 Å². The molecule has 1 aromatic heterocycles. The Bertz CT molecular complexity index is 569. The molecule has 2 aliphatic rings. The molecule has 0 radical (unpaired) electrons. The first kappa shape index (κ1) is 17.4. The zero-order chi connectivity index (χ0) is 17.1. The van der Waals surface area contributed by atoms with Crippen molar-refractivity contribution in [1.82, 2.24) is 15.2 Å². The second kappa shape index (κ2) is 7.62. The summed E-state index contributed by atoms with van der Waals surface area (Å²) in [5, 5.41) is 3.61. The highest BCUT2D eigenvalue weighted by atomic mass is 16.5. The number of likely N-dealkylation sites (tertiary alicyclic amines) is 1. The Hall–Kier alpha value is -1.46. The van der Waals surface area contributed by atoms with Gasteiger partial charge in [-0.2, -0.15) is 0 Å². The highest BCUT2D eigenvalue weighted by Gasteiger charge is 2.38. The number of pyridine rings is 1. The summed E-state index contributed by atoms with van der Waals surface area (Å²) in [4.78, 5) is 19.5. The number of hydrogen-bond acceptors (Lipinski definition) is 4. The van der Waals surface area contributed by atoms with E-state index in [1.807, 2.05) is 12.3 Å². The van der Waals surface area contributed by atoms with Gasteiger partial charge in [-0.3, -0.25) is 15.1 Å². The van der Waals surface area contributed by atoms with Crippen molar-refractivity contribution in [2.24, 2.45) is 5.92 Å². The Balaban J connectivity index is 1.70. The molecule has 3 heterocycles. The van der Waals surface area contributed by atoms with E-state index in [1.165, 1.54) is 5.56 Å². The van der Waals surface area contributed by atoms with Crippen LogP contribution in [0.2, 0.25) is 0 Å². The Kier molecular flexibility index (Phi) is 5.51. The minimum atomic E-state index is -0.0957. The Labute approximate surface area is 144 Å². The largest absolute Gasteiger partial charge is 0.381 e. The molecule has 1 aromatic rings. The Morgan fingerprint density at radius 3 is 2.71 bits per heavy atom. The molecule has 2 saturated heterocycles. The first-order valence-electron chi connectivity index (χ1n) is 9.13. The van der Waals surface area contributed by atoms with Gasteiger partial charge in [0.05, 0.1) is 17.8 Å². The molecular weight excluding hydrogens is 302 g/mol. The summed E-state index contributed by atoms with van der Waals surface area (Å²) in [5.41, 5.74) is 2.24. The van der Waals surface area contributed by atoms with Gasteiger partial charge < -0.3 is 9.64 Å². The zero-order valence-electron chi connectivity index (χ0n) is 15.0. The lowest BCUT2D eigenvalue weighted by Gasteiger charge is -2.32. The van der Waals surface area contributed by atoms with Crippen LogP contribution in [0.5, 0.6) is 0 Å². The number of carbonyl (C=O) groups excluding carboxylic acids is 1. The molecule has 2 fully saturated rings. The second-order valence-corrected chi connectivity index (χ2v) is 7.31. The minimum absolute atomic E-state index is 0.0957. The molecule has 5 heteroatoms. The quantitative estimate of drug-likeness (QED) is 0.900. The van der Waals surface area contributed by atoms with Crippen LogP contribution in [-0.2, 0) is 9.53 Å². The van der Waals surface area contributed by atoms with Crippen molar-refractivity contribution in [2.45, 2.75) is 58.2 Å². The molecule has 3 rings (SSSR count). The summed E-state index contributed by atoms with van der Waals surface area (Å²) < 4.78 is 5.43. The molecule has 0 bridgehead atoms.